The number of nitro benzene ring substituents is 1. The fourth-order valence-corrected chi connectivity index (χ4v) is 2.38. The average molecular weight is 371 g/mol. The van der Waals surface area contributed by atoms with Crippen LogP contribution in [0.5, 0.6) is 0 Å². The van der Waals surface area contributed by atoms with Crippen molar-refractivity contribution >= 4 is 23.5 Å². The fraction of sp³-hybridized carbons (Fsp3) is 0.167. The lowest BCUT2D eigenvalue weighted by atomic mass is 10.0. The summed E-state index contributed by atoms with van der Waals surface area (Å²) in [6.07, 6.45) is -0.311. The first-order chi connectivity index (χ1) is 12.9. The molecule has 0 aliphatic rings. The Morgan fingerprint density at radius 2 is 1.78 bits per heavy atom. The number of hydrogen-bond donors (Lipinski definition) is 3. The van der Waals surface area contributed by atoms with E-state index < -0.39 is 35.3 Å². The Kier molecular flexibility index (Phi) is 6.59. The molecule has 9 nitrogen and oxygen atoms in total. The van der Waals surface area contributed by atoms with Crippen LogP contribution in [0.1, 0.15) is 28.4 Å². The van der Waals surface area contributed by atoms with Gasteiger partial charge in [-0.25, -0.2) is 0 Å². The van der Waals surface area contributed by atoms with Crippen LogP contribution >= 0.6 is 0 Å². The second-order valence-corrected chi connectivity index (χ2v) is 5.62. The second kappa shape index (κ2) is 9.09. The Bertz CT molecular complexity index is 853. The maximum atomic E-state index is 12.1. The van der Waals surface area contributed by atoms with Crippen molar-refractivity contribution in [2.45, 2.75) is 12.5 Å². The van der Waals surface area contributed by atoms with Crippen LogP contribution < -0.4 is 10.6 Å². The van der Waals surface area contributed by atoms with Gasteiger partial charge in [0.1, 0.15) is 0 Å². The molecule has 1 unspecified atom stereocenters. The van der Waals surface area contributed by atoms with Crippen molar-refractivity contribution in [3.63, 3.8) is 0 Å². The molecule has 0 bridgehead atoms. The van der Waals surface area contributed by atoms with E-state index in [4.69, 9.17) is 5.11 Å². The second-order valence-electron chi connectivity index (χ2n) is 5.62. The lowest BCUT2D eigenvalue weighted by Gasteiger charge is -2.17. The zero-order valence-electron chi connectivity index (χ0n) is 14.1. The Balaban J connectivity index is 1.97. The number of rotatable bonds is 8. The molecule has 140 valence electrons. The summed E-state index contributed by atoms with van der Waals surface area (Å²) in [7, 11) is 0. The van der Waals surface area contributed by atoms with Crippen LogP contribution in [0.3, 0.4) is 0 Å². The molecule has 2 amide bonds. The number of amides is 2. The van der Waals surface area contributed by atoms with Gasteiger partial charge in [0.05, 0.1) is 23.9 Å². The van der Waals surface area contributed by atoms with Gasteiger partial charge in [0.15, 0.2) is 0 Å². The predicted octanol–water partition coefficient (Wildman–Crippen LogP) is 1.66. The fourth-order valence-electron chi connectivity index (χ4n) is 2.38. The lowest BCUT2D eigenvalue weighted by Crippen LogP contribution is -2.39. The number of nitrogens with one attached hydrogen (secondary N) is 2. The van der Waals surface area contributed by atoms with Gasteiger partial charge < -0.3 is 15.7 Å². The Labute approximate surface area is 154 Å². The first-order valence-electron chi connectivity index (χ1n) is 7.95. The zero-order chi connectivity index (χ0) is 19.8. The van der Waals surface area contributed by atoms with E-state index in [1.54, 1.807) is 30.3 Å². The molecule has 0 aliphatic carbocycles. The number of nitro groups is 1. The first-order valence-corrected chi connectivity index (χ1v) is 7.95. The van der Waals surface area contributed by atoms with Gasteiger partial charge >= 0.3 is 5.97 Å². The van der Waals surface area contributed by atoms with Gasteiger partial charge in [0.25, 0.3) is 11.6 Å². The predicted molar refractivity (Wildman–Crippen MR) is 95.0 cm³/mol. The van der Waals surface area contributed by atoms with Gasteiger partial charge in [-0.3, -0.25) is 24.5 Å². The van der Waals surface area contributed by atoms with E-state index in [0.29, 0.717) is 5.56 Å². The quantitative estimate of drug-likeness (QED) is 0.476. The molecule has 0 saturated heterocycles. The molecule has 0 fully saturated rings. The van der Waals surface area contributed by atoms with E-state index in [1.807, 2.05) is 0 Å². The normalized spacial score (nSPS) is 11.3. The minimum atomic E-state index is -1.08. The number of benzene rings is 2. The van der Waals surface area contributed by atoms with Gasteiger partial charge in [0, 0.05) is 17.7 Å². The number of carboxylic acids is 1. The summed E-state index contributed by atoms with van der Waals surface area (Å²) in [5, 5.41) is 24.7. The summed E-state index contributed by atoms with van der Waals surface area (Å²) < 4.78 is 0. The number of non-ortho nitro benzene ring substituents is 1. The van der Waals surface area contributed by atoms with Crippen molar-refractivity contribution < 1.29 is 24.4 Å². The van der Waals surface area contributed by atoms with Gasteiger partial charge in [-0.2, -0.15) is 0 Å². The van der Waals surface area contributed by atoms with Crippen LogP contribution in [-0.2, 0) is 9.59 Å². The Morgan fingerprint density at radius 1 is 1.07 bits per heavy atom. The number of carboxylic acid groups (broad SMARTS) is 1. The molecule has 0 saturated carbocycles. The van der Waals surface area contributed by atoms with Crippen molar-refractivity contribution in [3.05, 3.63) is 75.8 Å². The van der Waals surface area contributed by atoms with E-state index in [9.17, 15) is 24.5 Å². The number of hydrogen-bond acceptors (Lipinski definition) is 5. The van der Waals surface area contributed by atoms with Gasteiger partial charge in [-0.15, -0.1) is 0 Å². The van der Waals surface area contributed by atoms with Gasteiger partial charge in [-0.1, -0.05) is 36.4 Å². The lowest BCUT2D eigenvalue weighted by molar-refractivity contribution is -0.384. The summed E-state index contributed by atoms with van der Waals surface area (Å²) in [6, 6.07) is 13.0. The number of carbonyl (C=O) groups is 3. The highest BCUT2D eigenvalue weighted by molar-refractivity contribution is 5.97. The summed E-state index contributed by atoms with van der Waals surface area (Å²) in [5.41, 5.74) is 0.429. The molecule has 2 aromatic carbocycles. The highest BCUT2D eigenvalue weighted by atomic mass is 16.6. The molecule has 1 atom stereocenters. The van der Waals surface area contributed by atoms with E-state index >= 15 is 0 Å². The maximum absolute atomic E-state index is 12.1. The van der Waals surface area contributed by atoms with Crippen LogP contribution in [-0.4, -0.2) is 34.4 Å². The number of aliphatic carboxylic acids is 1. The van der Waals surface area contributed by atoms with Gasteiger partial charge in [-0.05, 0) is 11.6 Å². The molecule has 9 heteroatoms. The Morgan fingerprint density at radius 3 is 2.41 bits per heavy atom. The molecule has 0 heterocycles. The number of nitrogens with zero attached hydrogens (tertiary/aromatic N) is 1. The largest absolute Gasteiger partial charge is 0.481 e. The molecule has 0 aliphatic heterocycles. The standard InChI is InChI=1S/C18H17N3O6/c22-16(20-15(10-17(23)24)12-5-2-1-3-6-12)11-19-18(25)13-7-4-8-14(9-13)21(26)27/h1-9,15H,10-11H2,(H,19,25)(H,20,22)(H,23,24). The van der Waals surface area contributed by atoms with Crippen molar-refractivity contribution in [2.24, 2.45) is 0 Å². The van der Waals surface area contributed by atoms with Crippen LogP contribution in [0.2, 0.25) is 0 Å². The maximum Gasteiger partial charge on any atom is 0.305 e. The highest BCUT2D eigenvalue weighted by Crippen LogP contribution is 2.16. The van der Waals surface area contributed by atoms with E-state index in [-0.39, 0.29) is 17.7 Å². The van der Waals surface area contributed by atoms with Crippen LogP contribution in [0.4, 0.5) is 5.69 Å². The molecule has 0 radical (unpaired) electrons. The molecule has 0 spiro atoms. The third kappa shape index (κ3) is 5.92. The van der Waals surface area contributed by atoms with Crippen LogP contribution in [0.15, 0.2) is 54.6 Å². The van der Waals surface area contributed by atoms with Crippen molar-refractivity contribution in [1.29, 1.82) is 0 Å². The Hall–Kier alpha value is -3.75. The first kappa shape index (κ1) is 19.6. The minimum Gasteiger partial charge on any atom is -0.481 e. The number of carbonyl (C=O) groups excluding carboxylic acids is 2. The van der Waals surface area contributed by atoms with Crippen molar-refractivity contribution in [1.82, 2.24) is 10.6 Å². The zero-order valence-corrected chi connectivity index (χ0v) is 14.1. The molecule has 2 aromatic rings. The topological polar surface area (TPSA) is 139 Å². The summed E-state index contributed by atoms with van der Waals surface area (Å²) in [6.45, 7) is -0.398. The molecular weight excluding hydrogens is 354 g/mol. The molecule has 0 aromatic heterocycles. The summed E-state index contributed by atoms with van der Waals surface area (Å²) in [4.78, 5) is 45.3. The SMILES string of the molecule is O=C(O)CC(NC(=O)CNC(=O)c1cccc([N+](=O)[O-])c1)c1ccccc1. The average Bonchev–Trinajstić information content (AvgIpc) is 2.66. The summed E-state index contributed by atoms with van der Waals surface area (Å²) >= 11 is 0. The van der Waals surface area contributed by atoms with Gasteiger partial charge in [0.2, 0.25) is 5.91 Å². The third-order valence-corrected chi connectivity index (χ3v) is 3.64. The highest BCUT2D eigenvalue weighted by Gasteiger charge is 2.19. The van der Waals surface area contributed by atoms with E-state index in [0.717, 1.165) is 6.07 Å². The summed E-state index contributed by atoms with van der Waals surface area (Å²) in [5.74, 6) is -2.31. The molecule has 27 heavy (non-hydrogen) atoms. The van der Waals surface area contributed by atoms with Crippen molar-refractivity contribution in [2.75, 3.05) is 6.54 Å². The van der Waals surface area contributed by atoms with Crippen LogP contribution in [0.25, 0.3) is 0 Å². The van der Waals surface area contributed by atoms with Crippen molar-refractivity contribution in [3.8, 4) is 0 Å². The minimum absolute atomic E-state index is 0.0437. The molecule has 3 N–H and O–H groups in total. The van der Waals surface area contributed by atoms with E-state index in [2.05, 4.69) is 10.6 Å². The third-order valence-electron chi connectivity index (χ3n) is 3.64. The van der Waals surface area contributed by atoms with Crippen LogP contribution in [0, 0.1) is 10.1 Å². The smallest absolute Gasteiger partial charge is 0.305 e. The van der Waals surface area contributed by atoms with E-state index in [1.165, 1.54) is 18.2 Å². The molecular formula is C18H17N3O6. The molecule has 2 rings (SSSR count). The monoisotopic (exact) mass is 371 g/mol.